The smallest absolute Gasteiger partial charge is 0.433 e. The Kier molecular flexibility index (Phi) is 5.28. The molecule has 0 spiro atoms. The van der Waals surface area contributed by atoms with Gasteiger partial charge in [-0.05, 0) is 12.1 Å². The van der Waals surface area contributed by atoms with E-state index < -0.39 is 30.4 Å². The highest BCUT2D eigenvalue weighted by Crippen LogP contribution is 2.27. The van der Waals surface area contributed by atoms with Gasteiger partial charge < -0.3 is 15.3 Å². The quantitative estimate of drug-likeness (QED) is 0.817. The van der Waals surface area contributed by atoms with Gasteiger partial charge in [0.2, 0.25) is 0 Å². The fourth-order valence-corrected chi connectivity index (χ4v) is 1.38. The van der Waals surface area contributed by atoms with Gasteiger partial charge in [-0.2, -0.15) is 13.2 Å². The maximum absolute atomic E-state index is 12.3. The van der Waals surface area contributed by atoms with E-state index in [0.717, 1.165) is 17.2 Å². The molecule has 0 atom stereocenters. The van der Waals surface area contributed by atoms with Crippen LogP contribution >= 0.6 is 0 Å². The molecule has 1 heterocycles. The number of pyridine rings is 1. The van der Waals surface area contributed by atoms with E-state index in [9.17, 15) is 22.8 Å². The summed E-state index contributed by atoms with van der Waals surface area (Å²) in [6, 6.07) is 0.962. The third-order valence-corrected chi connectivity index (χ3v) is 2.27. The predicted octanol–water partition coefficient (Wildman–Crippen LogP) is 2.20. The fraction of sp³-hybridized carbons (Fsp3) is 0.250. The van der Waals surface area contributed by atoms with Gasteiger partial charge in [0.15, 0.2) is 0 Å². The number of alkyl halides is 3. The van der Waals surface area contributed by atoms with Crippen LogP contribution in [0.15, 0.2) is 31.0 Å². The van der Waals surface area contributed by atoms with Gasteiger partial charge in [0, 0.05) is 6.54 Å². The molecule has 21 heavy (non-hydrogen) atoms. The van der Waals surface area contributed by atoms with Crippen molar-refractivity contribution in [1.82, 2.24) is 9.88 Å². The van der Waals surface area contributed by atoms with Gasteiger partial charge >= 0.3 is 18.2 Å². The lowest BCUT2D eigenvalue weighted by molar-refractivity contribution is -0.141. The lowest BCUT2D eigenvalue weighted by Gasteiger charge is -2.19. The first-order valence-electron chi connectivity index (χ1n) is 5.66. The molecule has 1 aromatic rings. The average molecular weight is 303 g/mol. The van der Waals surface area contributed by atoms with Gasteiger partial charge in [-0.15, -0.1) is 6.58 Å². The molecule has 1 rings (SSSR count). The summed E-state index contributed by atoms with van der Waals surface area (Å²) in [7, 11) is 0. The lowest BCUT2D eigenvalue weighted by atomic mass is 10.3. The Labute approximate surface area is 117 Å². The Morgan fingerprint density at radius 3 is 2.52 bits per heavy atom. The SMILES string of the molecule is C=CCN(CC(=O)O)C(=O)Nc1ccc(C(F)(F)F)nc1. The van der Waals surface area contributed by atoms with Crippen LogP contribution in [0.4, 0.5) is 23.7 Å². The van der Waals surface area contributed by atoms with E-state index in [2.05, 4.69) is 16.9 Å². The first kappa shape index (κ1) is 16.5. The van der Waals surface area contributed by atoms with Crippen LogP contribution in [-0.2, 0) is 11.0 Å². The van der Waals surface area contributed by atoms with Crippen LogP contribution in [0.1, 0.15) is 5.69 Å². The summed E-state index contributed by atoms with van der Waals surface area (Å²) in [5.74, 6) is -1.22. The second-order valence-corrected chi connectivity index (χ2v) is 3.92. The fourth-order valence-electron chi connectivity index (χ4n) is 1.38. The molecule has 0 aliphatic carbocycles. The largest absolute Gasteiger partial charge is 0.480 e. The van der Waals surface area contributed by atoms with Crippen LogP contribution in [0.3, 0.4) is 0 Å². The number of urea groups is 1. The molecule has 0 unspecified atom stereocenters. The van der Waals surface area contributed by atoms with Crippen molar-refractivity contribution in [2.75, 3.05) is 18.4 Å². The van der Waals surface area contributed by atoms with Gasteiger partial charge in [0.25, 0.3) is 0 Å². The molecule has 2 N–H and O–H groups in total. The standard InChI is InChI=1S/C12H12F3N3O3/c1-2-5-18(7-10(19)20)11(21)17-8-3-4-9(16-6-8)12(13,14)15/h2-4,6H,1,5,7H2,(H,17,21)(H,19,20). The van der Waals surface area contributed by atoms with Crippen LogP contribution in [0.5, 0.6) is 0 Å². The summed E-state index contributed by atoms with van der Waals surface area (Å²) < 4.78 is 37.0. The summed E-state index contributed by atoms with van der Waals surface area (Å²) in [6.07, 6.45) is -2.40. The number of hydrogen-bond acceptors (Lipinski definition) is 3. The molecule has 0 saturated carbocycles. The molecule has 0 aliphatic rings. The van der Waals surface area contributed by atoms with Crippen LogP contribution in [0.25, 0.3) is 0 Å². The molecule has 0 fully saturated rings. The first-order chi connectivity index (χ1) is 9.74. The number of nitrogens with zero attached hydrogens (tertiary/aromatic N) is 2. The third kappa shape index (κ3) is 5.13. The zero-order valence-corrected chi connectivity index (χ0v) is 10.7. The molecule has 0 aliphatic heterocycles. The molecule has 1 aromatic heterocycles. The van der Waals surface area contributed by atoms with Crippen LogP contribution in [-0.4, -0.2) is 40.1 Å². The molecular formula is C12H12F3N3O3. The van der Waals surface area contributed by atoms with Crippen molar-refractivity contribution < 1.29 is 27.9 Å². The number of amides is 2. The minimum Gasteiger partial charge on any atom is -0.480 e. The molecular weight excluding hydrogens is 291 g/mol. The Balaban J connectivity index is 2.76. The topological polar surface area (TPSA) is 82.5 Å². The van der Waals surface area contributed by atoms with E-state index >= 15 is 0 Å². The van der Waals surface area contributed by atoms with Crippen molar-refractivity contribution >= 4 is 17.7 Å². The van der Waals surface area contributed by atoms with Crippen molar-refractivity contribution in [2.24, 2.45) is 0 Å². The predicted molar refractivity (Wildman–Crippen MR) is 67.7 cm³/mol. The number of carboxylic acid groups (broad SMARTS) is 1. The molecule has 6 nitrogen and oxygen atoms in total. The van der Waals surface area contributed by atoms with Crippen molar-refractivity contribution in [3.05, 3.63) is 36.7 Å². The van der Waals surface area contributed by atoms with Crippen LogP contribution < -0.4 is 5.32 Å². The highest BCUT2D eigenvalue weighted by molar-refractivity contribution is 5.91. The van der Waals surface area contributed by atoms with E-state index in [1.807, 2.05) is 0 Å². The molecule has 9 heteroatoms. The van der Waals surface area contributed by atoms with Crippen molar-refractivity contribution in [3.8, 4) is 0 Å². The zero-order chi connectivity index (χ0) is 16.0. The van der Waals surface area contributed by atoms with E-state index in [4.69, 9.17) is 5.11 Å². The second kappa shape index (κ2) is 6.73. The van der Waals surface area contributed by atoms with Crippen molar-refractivity contribution in [3.63, 3.8) is 0 Å². The van der Waals surface area contributed by atoms with Crippen LogP contribution in [0, 0.1) is 0 Å². The molecule has 0 aromatic carbocycles. The Hall–Kier alpha value is -2.58. The number of carboxylic acids is 1. The van der Waals surface area contributed by atoms with E-state index in [1.54, 1.807) is 0 Å². The van der Waals surface area contributed by atoms with Crippen molar-refractivity contribution in [1.29, 1.82) is 0 Å². The van der Waals surface area contributed by atoms with E-state index in [0.29, 0.717) is 6.07 Å². The highest BCUT2D eigenvalue weighted by atomic mass is 19.4. The van der Waals surface area contributed by atoms with Crippen molar-refractivity contribution in [2.45, 2.75) is 6.18 Å². The Bertz CT molecular complexity index is 529. The van der Waals surface area contributed by atoms with Crippen LogP contribution in [0.2, 0.25) is 0 Å². The first-order valence-corrected chi connectivity index (χ1v) is 5.66. The molecule has 0 bridgehead atoms. The number of rotatable bonds is 5. The second-order valence-electron chi connectivity index (χ2n) is 3.92. The lowest BCUT2D eigenvalue weighted by Crippen LogP contribution is -2.38. The number of aliphatic carboxylic acids is 1. The van der Waals surface area contributed by atoms with E-state index in [-0.39, 0.29) is 12.2 Å². The van der Waals surface area contributed by atoms with Gasteiger partial charge in [0.05, 0.1) is 11.9 Å². The number of hydrogen-bond donors (Lipinski definition) is 2. The Morgan fingerprint density at radius 1 is 1.43 bits per heavy atom. The number of carbonyl (C=O) groups excluding carboxylic acids is 1. The Morgan fingerprint density at radius 2 is 2.10 bits per heavy atom. The summed E-state index contributed by atoms with van der Waals surface area (Å²) in [5.41, 5.74) is -1.07. The number of anilines is 1. The average Bonchev–Trinajstić information content (AvgIpc) is 2.37. The number of nitrogens with one attached hydrogen (secondary N) is 1. The summed E-state index contributed by atoms with van der Waals surface area (Å²) in [5, 5.41) is 10.9. The van der Waals surface area contributed by atoms with Gasteiger partial charge in [-0.3, -0.25) is 4.79 Å². The molecule has 114 valence electrons. The summed E-state index contributed by atoms with van der Waals surface area (Å²) in [4.78, 5) is 26.5. The van der Waals surface area contributed by atoms with Gasteiger partial charge in [-0.25, -0.2) is 9.78 Å². The normalized spacial score (nSPS) is 10.8. The monoisotopic (exact) mass is 303 g/mol. The maximum atomic E-state index is 12.3. The minimum atomic E-state index is -4.57. The molecule has 0 saturated heterocycles. The molecule has 2 amide bonds. The number of halogens is 3. The van der Waals surface area contributed by atoms with Gasteiger partial charge in [0.1, 0.15) is 12.2 Å². The number of aromatic nitrogens is 1. The third-order valence-electron chi connectivity index (χ3n) is 2.27. The zero-order valence-electron chi connectivity index (χ0n) is 10.7. The summed E-state index contributed by atoms with van der Waals surface area (Å²) in [6.45, 7) is 2.80. The maximum Gasteiger partial charge on any atom is 0.433 e. The van der Waals surface area contributed by atoms with Gasteiger partial charge in [-0.1, -0.05) is 6.08 Å². The number of carbonyl (C=O) groups is 2. The summed E-state index contributed by atoms with van der Waals surface area (Å²) >= 11 is 0. The highest BCUT2D eigenvalue weighted by Gasteiger charge is 2.32. The molecule has 0 radical (unpaired) electrons. The van der Waals surface area contributed by atoms with E-state index in [1.165, 1.54) is 6.08 Å². The minimum absolute atomic E-state index is 0.0208.